The number of carbonyl (C=O) groups excluding carboxylic acids is 1. The van der Waals surface area contributed by atoms with E-state index < -0.39 is 5.82 Å². The predicted octanol–water partition coefficient (Wildman–Crippen LogP) is 2.52. The number of halogens is 2. The number of carbonyl (C=O) groups is 1. The lowest BCUT2D eigenvalue weighted by molar-refractivity contribution is 0.102. The van der Waals surface area contributed by atoms with Crippen LogP contribution in [0.3, 0.4) is 0 Å². The molecule has 0 fully saturated rings. The van der Waals surface area contributed by atoms with E-state index in [-0.39, 0.29) is 5.91 Å². The topological polar surface area (TPSA) is 80.0 Å². The van der Waals surface area contributed by atoms with Gasteiger partial charge in [0.15, 0.2) is 0 Å². The minimum absolute atomic E-state index is 0.351. The van der Waals surface area contributed by atoms with Crippen LogP contribution in [0, 0.1) is 5.82 Å². The van der Waals surface area contributed by atoms with E-state index in [4.69, 9.17) is 5.84 Å². The second kappa shape index (κ2) is 5.77. The second-order valence-corrected chi connectivity index (χ2v) is 4.51. The number of hydrogen-bond acceptors (Lipinski definition) is 4. The Hall–Kier alpha value is -1.99. The van der Waals surface area contributed by atoms with Gasteiger partial charge >= 0.3 is 0 Å². The third-order valence-electron chi connectivity index (χ3n) is 2.35. The zero-order valence-electron chi connectivity index (χ0n) is 9.65. The number of rotatable bonds is 3. The minimum Gasteiger partial charge on any atom is -0.321 e. The fraction of sp³-hybridized carbons (Fsp3) is 0. The van der Waals surface area contributed by atoms with E-state index in [2.05, 4.69) is 31.7 Å². The molecule has 5 nitrogen and oxygen atoms in total. The van der Waals surface area contributed by atoms with Crippen LogP contribution in [-0.4, -0.2) is 10.9 Å². The van der Waals surface area contributed by atoms with E-state index in [0.29, 0.717) is 21.5 Å². The standard InChI is InChI=1S/C12H10BrFN4O/c13-9-2-1-8(14)6-10(9)17-12(19)7-3-4-16-11(5-7)18-15/h1-6H,15H2,(H,16,18)(H,17,19). The first-order valence-corrected chi connectivity index (χ1v) is 6.08. The molecule has 0 unspecified atom stereocenters. The summed E-state index contributed by atoms with van der Waals surface area (Å²) in [5.74, 6) is 4.76. The normalized spacial score (nSPS) is 10.1. The van der Waals surface area contributed by atoms with Gasteiger partial charge in [-0.2, -0.15) is 0 Å². The zero-order chi connectivity index (χ0) is 13.8. The molecule has 0 bridgehead atoms. The molecule has 1 amide bonds. The Balaban J connectivity index is 2.22. The molecule has 0 aliphatic heterocycles. The smallest absolute Gasteiger partial charge is 0.255 e. The molecular formula is C12H10BrFN4O. The lowest BCUT2D eigenvalue weighted by Crippen LogP contribution is -2.14. The molecule has 0 aliphatic rings. The van der Waals surface area contributed by atoms with Gasteiger partial charge in [0.05, 0.1) is 5.69 Å². The average Bonchev–Trinajstić information content (AvgIpc) is 2.43. The third-order valence-corrected chi connectivity index (χ3v) is 3.04. The van der Waals surface area contributed by atoms with Crippen LogP contribution in [0.4, 0.5) is 15.9 Å². The van der Waals surface area contributed by atoms with Crippen molar-refractivity contribution in [2.45, 2.75) is 0 Å². The zero-order valence-corrected chi connectivity index (χ0v) is 11.2. The van der Waals surface area contributed by atoms with Crippen molar-refractivity contribution in [3.63, 3.8) is 0 Å². The van der Waals surface area contributed by atoms with Gasteiger partial charge in [-0.3, -0.25) is 4.79 Å². The second-order valence-electron chi connectivity index (χ2n) is 3.65. The summed E-state index contributed by atoms with van der Waals surface area (Å²) in [6, 6.07) is 7.06. The summed E-state index contributed by atoms with van der Waals surface area (Å²) < 4.78 is 13.7. The highest BCUT2D eigenvalue weighted by atomic mass is 79.9. The number of hydrazine groups is 1. The largest absolute Gasteiger partial charge is 0.321 e. The molecular weight excluding hydrogens is 315 g/mol. The molecule has 0 aliphatic carbocycles. The van der Waals surface area contributed by atoms with Gasteiger partial charge in [-0.25, -0.2) is 15.2 Å². The quantitative estimate of drug-likeness (QED) is 0.598. The van der Waals surface area contributed by atoms with Crippen LogP contribution in [0.5, 0.6) is 0 Å². The average molecular weight is 325 g/mol. The number of nitrogens with zero attached hydrogens (tertiary/aromatic N) is 1. The van der Waals surface area contributed by atoms with Crippen molar-refractivity contribution >= 4 is 33.3 Å². The van der Waals surface area contributed by atoms with E-state index in [1.165, 1.54) is 36.5 Å². The van der Waals surface area contributed by atoms with Gasteiger partial charge in [0.2, 0.25) is 0 Å². The van der Waals surface area contributed by atoms with E-state index in [0.717, 1.165) is 0 Å². The number of nitrogens with one attached hydrogen (secondary N) is 2. The van der Waals surface area contributed by atoms with Crippen LogP contribution in [-0.2, 0) is 0 Å². The van der Waals surface area contributed by atoms with Crippen molar-refractivity contribution in [1.82, 2.24) is 4.98 Å². The number of aromatic nitrogens is 1. The highest BCUT2D eigenvalue weighted by Crippen LogP contribution is 2.23. The molecule has 1 heterocycles. The van der Waals surface area contributed by atoms with Crippen LogP contribution in [0.2, 0.25) is 0 Å². The SMILES string of the molecule is NNc1cc(C(=O)Nc2cc(F)ccc2Br)ccn1. The van der Waals surface area contributed by atoms with Gasteiger partial charge in [0, 0.05) is 16.2 Å². The molecule has 0 saturated heterocycles. The van der Waals surface area contributed by atoms with Gasteiger partial charge in [-0.15, -0.1) is 0 Å². The van der Waals surface area contributed by atoms with Gasteiger partial charge in [0.25, 0.3) is 5.91 Å². The van der Waals surface area contributed by atoms with Gasteiger partial charge < -0.3 is 10.7 Å². The van der Waals surface area contributed by atoms with Crippen molar-refractivity contribution < 1.29 is 9.18 Å². The Bertz CT molecular complexity index is 620. The predicted molar refractivity (Wildman–Crippen MR) is 74.1 cm³/mol. The Morgan fingerprint density at radius 2 is 2.11 bits per heavy atom. The number of amides is 1. The number of benzene rings is 1. The first-order chi connectivity index (χ1) is 9.10. The van der Waals surface area contributed by atoms with Crippen molar-refractivity contribution in [3.05, 3.63) is 52.4 Å². The van der Waals surface area contributed by atoms with Crippen molar-refractivity contribution in [2.75, 3.05) is 10.7 Å². The number of hydrogen-bond donors (Lipinski definition) is 3. The summed E-state index contributed by atoms with van der Waals surface area (Å²) in [5, 5.41) is 2.60. The molecule has 0 spiro atoms. The van der Waals surface area contributed by atoms with Gasteiger partial charge in [-0.1, -0.05) is 0 Å². The summed E-state index contributed by atoms with van der Waals surface area (Å²) in [7, 11) is 0. The Kier molecular flexibility index (Phi) is 4.08. The maximum Gasteiger partial charge on any atom is 0.255 e. The summed E-state index contributed by atoms with van der Waals surface area (Å²) in [4.78, 5) is 15.9. The third kappa shape index (κ3) is 3.27. The molecule has 98 valence electrons. The first kappa shape index (κ1) is 13.4. The fourth-order valence-electron chi connectivity index (χ4n) is 1.44. The first-order valence-electron chi connectivity index (χ1n) is 5.29. The van der Waals surface area contributed by atoms with Crippen molar-refractivity contribution in [1.29, 1.82) is 0 Å². The molecule has 7 heteroatoms. The van der Waals surface area contributed by atoms with Crippen molar-refractivity contribution in [2.24, 2.45) is 5.84 Å². The number of pyridine rings is 1. The Morgan fingerprint density at radius 1 is 1.32 bits per heavy atom. The number of anilines is 2. The summed E-state index contributed by atoms with van der Waals surface area (Å²) in [5.41, 5.74) is 3.06. The van der Waals surface area contributed by atoms with Crippen molar-refractivity contribution in [3.8, 4) is 0 Å². The maximum absolute atomic E-state index is 13.1. The van der Waals surface area contributed by atoms with E-state index in [1.807, 2.05) is 0 Å². The molecule has 19 heavy (non-hydrogen) atoms. The molecule has 1 aromatic heterocycles. The summed E-state index contributed by atoms with van der Waals surface area (Å²) in [6.07, 6.45) is 1.45. The number of nitrogen functional groups attached to an aromatic ring is 1. The van der Waals surface area contributed by atoms with Crippen LogP contribution in [0.1, 0.15) is 10.4 Å². The molecule has 2 rings (SSSR count). The van der Waals surface area contributed by atoms with Crippen LogP contribution in [0.15, 0.2) is 41.0 Å². The van der Waals surface area contributed by atoms with E-state index >= 15 is 0 Å². The lowest BCUT2D eigenvalue weighted by Gasteiger charge is -2.08. The highest BCUT2D eigenvalue weighted by molar-refractivity contribution is 9.10. The monoisotopic (exact) mass is 324 g/mol. The maximum atomic E-state index is 13.1. The van der Waals surface area contributed by atoms with Crippen LogP contribution in [0.25, 0.3) is 0 Å². The van der Waals surface area contributed by atoms with E-state index in [1.54, 1.807) is 0 Å². The fourth-order valence-corrected chi connectivity index (χ4v) is 1.78. The van der Waals surface area contributed by atoms with Crippen LogP contribution >= 0.6 is 15.9 Å². The molecule has 1 aromatic carbocycles. The molecule has 0 radical (unpaired) electrons. The summed E-state index contributed by atoms with van der Waals surface area (Å²) in [6.45, 7) is 0. The summed E-state index contributed by atoms with van der Waals surface area (Å²) >= 11 is 3.23. The molecule has 0 atom stereocenters. The van der Waals surface area contributed by atoms with Gasteiger partial charge in [0.1, 0.15) is 11.6 Å². The highest BCUT2D eigenvalue weighted by Gasteiger charge is 2.10. The van der Waals surface area contributed by atoms with E-state index in [9.17, 15) is 9.18 Å². The number of nitrogens with two attached hydrogens (primary N) is 1. The molecule has 0 saturated carbocycles. The lowest BCUT2D eigenvalue weighted by atomic mass is 10.2. The molecule has 2 aromatic rings. The minimum atomic E-state index is -0.433. The Labute approximate surface area is 117 Å². The van der Waals surface area contributed by atoms with Gasteiger partial charge in [-0.05, 0) is 46.3 Å². The van der Waals surface area contributed by atoms with Crippen LogP contribution < -0.4 is 16.6 Å². The molecule has 4 N–H and O–H groups in total. The Morgan fingerprint density at radius 3 is 2.84 bits per heavy atom.